The molecule has 0 aliphatic heterocycles. The quantitative estimate of drug-likeness (QED) is 0.885. The van der Waals surface area contributed by atoms with Gasteiger partial charge >= 0.3 is 0 Å². The van der Waals surface area contributed by atoms with Crippen LogP contribution in [0.1, 0.15) is 10.5 Å². The maximum absolute atomic E-state index is 11.7. The van der Waals surface area contributed by atoms with Crippen LogP contribution >= 0.6 is 38.9 Å². The summed E-state index contributed by atoms with van der Waals surface area (Å²) in [5.74, 6) is -0.309. The number of amides is 1. The first kappa shape index (κ1) is 12.3. The van der Waals surface area contributed by atoms with E-state index in [2.05, 4.69) is 26.2 Å². The second-order valence-electron chi connectivity index (χ2n) is 3.15. The Morgan fingerprint density at radius 3 is 2.88 bits per heavy atom. The Hall–Kier alpha value is -1.11. The van der Waals surface area contributed by atoms with Crippen molar-refractivity contribution in [3.63, 3.8) is 0 Å². The fourth-order valence-electron chi connectivity index (χ4n) is 1.16. The van der Waals surface area contributed by atoms with Crippen molar-refractivity contribution in [1.82, 2.24) is 4.98 Å². The number of nitrogens with two attached hydrogens (primary N) is 1. The van der Waals surface area contributed by atoms with Crippen molar-refractivity contribution in [3.05, 3.63) is 38.8 Å². The van der Waals surface area contributed by atoms with E-state index in [1.54, 1.807) is 23.6 Å². The van der Waals surface area contributed by atoms with Gasteiger partial charge in [0.25, 0.3) is 5.91 Å². The van der Waals surface area contributed by atoms with Crippen molar-refractivity contribution in [3.8, 4) is 0 Å². The number of rotatable bonds is 2. The number of nitrogens with zero attached hydrogens (tertiary/aromatic N) is 1. The summed E-state index contributed by atoms with van der Waals surface area (Å²) in [7, 11) is 0. The molecule has 17 heavy (non-hydrogen) atoms. The number of thiazole rings is 1. The van der Waals surface area contributed by atoms with E-state index in [9.17, 15) is 4.79 Å². The van der Waals surface area contributed by atoms with E-state index in [4.69, 9.17) is 17.3 Å². The number of halogens is 2. The molecule has 0 aliphatic carbocycles. The summed E-state index contributed by atoms with van der Waals surface area (Å²) in [5.41, 5.74) is 6.36. The summed E-state index contributed by atoms with van der Waals surface area (Å²) in [4.78, 5) is 15.6. The molecule has 0 saturated heterocycles. The lowest BCUT2D eigenvalue weighted by atomic mass is 10.3. The molecule has 1 amide bonds. The van der Waals surface area contributed by atoms with E-state index in [1.807, 2.05) is 0 Å². The van der Waals surface area contributed by atoms with Crippen molar-refractivity contribution in [2.75, 3.05) is 11.1 Å². The average Bonchev–Trinajstić information content (AvgIpc) is 2.70. The van der Waals surface area contributed by atoms with Crippen LogP contribution in [0.3, 0.4) is 0 Å². The second-order valence-corrected chi connectivity index (χ2v) is 5.31. The Balaban J connectivity index is 2.15. The number of nitrogen functional groups attached to an aromatic ring is 1. The van der Waals surface area contributed by atoms with Gasteiger partial charge in [0.1, 0.15) is 5.69 Å². The SMILES string of the molecule is Nc1nc(C(=O)Nc2ccc(Br)c(Cl)c2)cs1. The molecule has 0 atom stereocenters. The molecule has 0 saturated carbocycles. The molecule has 1 heterocycles. The Bertz CT molecular complexity index is 572. The lowest BCUT2D eigenvalue weighted by Gasteiger charge is -2.04. The predicted octanol–water partition coefficient (Wildman–Crippen LogP) is 3.39. The van der Waals surface area contributed by atoms with Gasteiger partial charge in [-0.15, -0.1) is 11.3 Å². The summed E-state index contributed by atoms with van der Waals surface area (Å²) >= 11 is 10.4. The Kier molecular flexibility index (Phi) is 3.66. The van der Waals surface area contributed by atoms with Gasteiger partial charge in [0.2, 0.25) is 0 Å². The van der Waals surface area contributed by atoms with Crippen LogP contribution in [0, 0.1) is 0 Å². The molecule has 0 radical (unpaired) electrons. The van der Waals surface area contributed by atoms with Crippen molar-refractivity contribution < 1.29 is 4.79 Å². The van der Waals surface area contributed by atoms with Gasteiger partial charge in [-0.3, -0.25) is 4.79 Å². The zero-order valence-electron chi connectivity index (χ0n) is 8.41. The largest absolute Gasteiger partial charge is 0.375 e. The number of hydrogen-bond acceptors (Lipinski definition) is 4. The molecule has 4 nitrogen and oxygen atoms in total. The van der Waals surface area contributed by atoms with E-state index >= 15 is 0 Å². The third kappa shape index (κ3) is 2.96. The van der Waals surface area contributed by atoms with Gasteiger partial charge in [-0.1, -0.05) is 11.6 Å². The first-order valence-corrected chi connectivity index (χ1v) is 6.59. The molecule has 2 rings (SSSR count). The topological polar surface area (TPSA) is 68.0 Å². The summed E-state index contributed by atoms with van der Waals surface area (Å²) in [6.45, 7) is 0. The average molecular weight is 333 g/mol. The maximum atomic E-state index is 11.7. The zero-order chi connectivity index (χ0) is 12.4. The van der Waals surface area contributed by atoms with E-state index < -0.39 is 0 Å². The second kappa shape index (κ2) is 5.03. The summed E-state index contributed by atoms with van der Waals surface area (Å²) in [6, 6.07) is 5.15. The molecule has 0 unspecified atom stereocenters. The molecule has 0 aliphatic rings. The minimum Gasteiger partial charge on any atom is -0.375 e. The van der Waals surface area contributed by atoms with Crippen molar-refractivity contribution >= 4 is 55.6 Å². The van der Waals surface area contributed by atoms with Gasteiger partial charge in [0, 0.05) is 15.5 Å². The molecule has 1 aromatic heterocycles. The fourth-order valence-corrected chi connectivity index (χ4v) is 2.13. The highest BCUT2D eigenvalue weighted by molar-refractivity contribution is 9.10. The highest BCUT2D eigenvalue weighted by Gasteiger charge is 2.10. The lowest BCUT2D eigenvalue weighted by molar-refractivity contribution is 0.102. The van der Waals surface area contributed by atoms with Crippen LogP contribution in [0.15, 0.2) is 28.1 Å². The van der Waals surface area contributed by atoms with Gasteiger partial charge in [0.05, 0.1) is 5.02 Å². The number of anilines is 2. The number of carbonyl (C=O) groups excluding carboxylic acids is 1. The zero-order valence-corrected chi connectivity index (χ0v) is 11.6. The van der Waals surface area contributed by atoms with Crippen LogP contribution in [0.4, 0.5) is 10.8 Å². The Morgan fingerprint density at radius 2 is 2.29 bits per heavy atom. The minimum atomic E-state index is -0.309. The molecule has 1 aromatic carbocycles. The third-order valence-corrected chi connectivity index (χ3v) is 3.84. The van der Waals surface area contributed by atoms with Gasteiger partial charge < -0.3 is 11.1 Å². The van der Waals surface area contributed by atoms with Crippen LogP contribution in [-0.2, 0) is 0 Å². The smallest absolute Gasteiger partial charge is 0.275 e. The normalized spacial score (nSPS) is 10.2. The standard InChI is InChI=1S/C10H7BrClN3OS/c11-6-2-1-5(3-7(6)12)14-9(16)8-4-17-10(13)15-8/h1-4H,(H2,13,15)(H,14,16). The maximum Gasteiger partial charge on any atom is 0.275 e. The van der Waals surface area contributed by atoms with Crippen molar-refractivity contribution in [1.29, 1.82) is 0 Å². The molecule has 0 fully saturated rings. The molecule has 0 spiro atoms. The van der Waals surface area contributed by atoms with Gasteiger partial charge in [-0.25, -0.2) is 4.98 Å². The van der Waals surface area contributed by atoms with Crippen LogP contribution in [0.25, 0.3) is 0 Å². The summed E-state index contributed by atoms with van der Waals surface area (Å²) < 4.78 is 0.773. The first-order valence-electron chi connectivity index (χ1n) is 4.53. The Labute approximate surface area is 115 Å². The predicted molar refractivity (Wildman–Crippen MR) is 73.6 cm³/mol. The van der Waals surface area contributed by atoms with E-state index in [0.29, 0.717) is 21.5 Å². The molecule has 7 heteroatoms. The fraction of sp³-hybridized carbons (Fsp3) is 0. The van der Waals surface area contributed by atoms with E-state index in [-0.39, 0.29) is 5.91 Å². The highest BCUT2D eigenvalue weighted by atomic mass is 79.9. The van der Waals surface area contributed by atoms with Crippen LogP contribution in [0.2, 0.25) is 5.02 Å². The lowest BCUT2D eigenvalue weighted by Crippen LogP contribution is -2.12. The van der Waals surface area contributed by atoms with E-state index in [1.165, 1.54) is 11.3 Å². The first-order chi connectivity index (χ1) is 8.06. The van der Waals surface area contributed by atoms with Crippen LogP contribution in [-0.4, -0.2) is 10.9 Å². The molecule has 2 aromatic rings. The molecular formula is C10H7BrClN3OS. The third-order valence-electron chi connectivity index (χ3n) is 1.93. The van der Waals surface area contributed by atoms with E-state index in [0.717, 1.165) is 4.47 Å². The number of benzene rings is 1. The molecular weight excluding hydrogens is 326 g/mol. The minimum absolute atomic E-state index is 0.298. The van der Waals surface area contributed by atoms with Gasteiger partial charge in [-0.2, -0.15) is 0 Å². The monoisotopic (exact) mass is 331 g/mol. The molecule has 3 N–H and O–H groups in total. The number of nitrogens with one attached hydrogen (secondary N) is 1. The van der Waals surface area contributed by atoms with Crippen molar-refractivity contribution in [2.45, 2.75) is 0 Å². The van der Waals surface area contributed by atoms with Crippen molar-refractivity contribution in [2.24, 2.45) is 0 Å². The highest BCUT2D eigenvalue weighted by Crippen LogP contribution is 2.25. The number of aromatic nitrogens is 1. The summed E-state index contributed by atoms with van der Waals surface area (Å²) in [6.07, 6.45) is 0. The van der Waals surface area contributed by atoms with Gasteiger partial charge in [-0.05, 0) is 34.1 Å². The van der Waals surface area contributed by atoms with Crippen LogP contribution in [0.5, 0.6) is 0 Å². The van der Waals surface area contributed by atoms with Crippen LogP contribution < -0.4 is 11.1 Å². The molecule has 0 bridgehead atoms. The summed E-state index contributed by atoms with van der Waals surface area (Å²) in [5, 5.41) is 5.18. The number of carbonyl (C=O) groups is 1. The Morgan fingerprint density at radius 1 is 1.53 bits per heavy atom. The molecule has 88 valence electrons. The number of hydrogen-bond donors (Lipinski definition) is 2. The van der Waals surface area contributed by atoms with Gasteiger partial charge in [0.15, 0.2) is 5.13 Å².